The number of carbonyl (C=O) groups is 1. The van der Waals surface area contributed by atoms with Gasteiger partial charge in [0.1, 0.15) is 5.82 Å². The van der Waals surface area contributed by atoms with E-state index in [9.17, 15) is 9.90 Å². The van der Waals surface area contributed by atoms with Crippen molar-refractivity contribution in [2.75, 3.05) is 13.1 Å². The molecule has 7 nitrogen and oxygen atoms in total. The molecule has 0 radical (unpaired) electrons. The molecule has 0 atom stereocenters. The molecule has 27 heavy (non-hydrogen) atoms. The van der Waals surface area contributed by atoms with Gasteiger partial charge in [-0.15, -0.1) is 0 Å². The SMILES string of the molecule is CCc1ncc(CN2CCC(C(=O)O)(n3ccc(C(C)(C)C)n3)CC2)cn1. The third-order valence-corrected chi connectivity index (χ3v) is 5.36. The predicted molar refractivity (Wildman–Crippen MR) is 102 cm³/mol. The number of rotatable bonds is 5. The fraction of sp³-hybridized carbons (Fsp3) is 0.600. The summed E-state index contributed by atoms with van der Waals surface area (Å²) in [4.78, 5) is 23.1. The van der Waals surface area contributed by atoms with Crippen molar-refractivity contribution in [1.29, 1.82) is 0 Å². The molecular formula is C20H29N5O2. The summed E-state index contributed by atoms with van der Waals surface area (Å²) < 4.78 is 1.67. The molecular weight excluding hydrogens is 342 g/mol. The fourth-order valence-corrected chi connectivity index (χ4v) is 3.49. The van der Waals surface area contributed by atoms with Crippen molar-refractivity contribution in [3.8, 4) is 0 Å². The van der Waals surface area contributed by atoms with Crippen LogP contribution >= 0.6 is 0 Å². The molecule has 3 rings (SSSR count). The highest BCUT2D eigenvalue weighted by atomic mass is 16.4. The lowest BCUT2D eigenvalue weighted by molar-refractivity contribution is -0.151. The minimum Gasteiger partial charge on any atom is -0.479 e. The van der Waals surface area contributed by atoms with Crippen LogP contribution in [0.4, 0.5) is 0 Å². The normalized spacial score (nSPS) is 17.8. The molecule has 1 saturated heterocycles. The van der Waals surface area contributed by atoms with Crippen molar-refractivity contribution in [2.45, 2.75) is 64.5 Å². The summed E-state index contributed by atoms with van der Waals surface area (Å²) in [6.07, 6.45) is 7.44. The van der Waals surface area contributed by atoms with Gasteiger partial charge in [0.25, 0.3) is 0 Å². The first-order valence-electron chi connectivity index (χ1n) is 9.57. The molecule has 0 amide bonds. The Bertz CT molecular complexity index is 783. The monoisotopic (exact) mass is 371 g/mol. The summed E-state index contributed by atoms with van der Waals surface area (Å²) in [5.41, 5.74) is 0.904. The second-order valence-electron chi connectivity index (χ2n) is 8.37. The van der Waals surface area contributed by atoms with Gasteiger partial charge in [0.2, 0.25) is 0 Å². The number of aryl methyl sites for hydroxylation is 1. The van der Waals surface area contributed by atoms with E-state index in [0.717, 1.165) is 30.0 Å². The van der Waals surface area contributed by atoms with Gasteiger partial charge in [0.05, 0.1) is 5.69 Å². The van der Waals surface area contributed by atoms with Crippen molar-refractivity contribution in [1.82, 2.24) is 24.6 Å². The number of aliphatic carboxylic acids is 1. The second kappa shape index (κ2) is 7.38. The zero-order chi connectivity index (χ0) is 19.7. The highest BCUT2D eigenvalue weighted by Gasteiger charge is 2.44. The average Bonchev–Trinajstić information content (AvgIpc) is 3.14. The number of nitrogens with zero attached hydrogens (tertiary/aromatic N) is 5. The van der Waals surface area contributed by atoms with Crippen molar-refractivity contribution in [2.24, 2.45) is 0 Å². The van der Waals surface area contributed by atoms with Crippen LogP contribution in [-0.2, 0) is 28.7 Å². The van der Waals surface area contributed by atoms with Crippen molar-refractivity contribution >= 4 is 5.97 Å². The van der Waals surface area contributed by atoms with Gasteiger partial charge in [0.15, 0.2) is 5.54 Å². The number of piperidine rings is 1. The van der Waals surface area contributed by atoms with Gasteiger partial charge in [0, 0.05) is 55.6 Å². The van der Waals surface area contributed by atoms with Gasteiger partial charge in [-0.2, -0.15) is 5.10 Å². The highest BCUT2D eigenvalue weighted by molar-refractivity contribution is 5.76. The van der Waals surface area contributed by atoms with Crippen LogP contribution < -0.4 is 0 Å². The van der Waals surface area contributed by atoms with Crippen LogP contribution in [0.3, 0.4) is 0 Å². The summed E-state index contributed by atoms with van der Waals surface area (Å²) in [6, 6.07) is 1.93. The summed E-state index contributed by atoms with van der Waals surface area (Å²) >= 11 is 0. The molecule has 3 heterocycles. The molecule has 1 aliphatic rings. The Morgan fingerprint density at radius 1 is 1.22 bits per heavy atom. The summed E-state index contributed by atoms with van der Waals surface area (Å²) in [5, 5.41) is 14.6. The van der Waals surface area contributed by atoms with Gasteiger partial charge in [-0.1, -0.05) is 27.7 Å². The van der Waals surface area contributed by atoms with E-state index in [1.807, 2.05) is 31.6 Å². The molecule has 2 aromatic heterocycles. The number of likely N-dealkylation sites (tertiary alicyclic amines) is 1. The first kappa shape index (κ1) is 19.5. The third kappa shape index (κ3) is 4.03. The van der Waals surface area contributed by atoms with E-state index in [2.05, 4.69) is 40.7 Å². The van der Waals surface area contributed by atoms with Crippen LogP contribution in [0.1, 0.15) is 57.6 Å². The quantitative estimate of drug-likeness (QED) is 0.870. The van der Waals surface area contributed by atoms with Crippen LogP contribution in [0.15, 0.2) is 24.7 Å². The van der Waals surface area contributed by atoms with E-state index in [-0.39, 0.29) is 5.41 Å². The Hall–Kier alpha value is -2.28. The van der Waals surface area contributed by atoms with Crippen molar-refractivity contribution in [3.63, 3.8) is 0 Å². The van der Waals surface area contributed by atoms with Crippen LogP contribution in [0.25, 0.3) is 0 Å². The zero-order valence-corrected chi connectivity index (χ0v) is 16.6. The molecule has 0 saturated carbocycles. The number of aromatic nitrogens is 4. The lowest BCUT2D eigenvalue weighted by atomic mass is 9.87. The molecule has 0 unspecified atom stereocenters. The maximum absolute atomic E-state index is 12.2. The summed E-state index contributed by atoms with van der Waals surface area (Å²) in [6.45, 7) is 10.4. The maximum Gasteiger partial charge on any atom is 0.331 e. The van der Waals surface area contributed by atoms with Crippen LogP contribution in [0, 0.1) is 0 Å². The molecule has 1 aliphatic heterocycles. The Morgan fingerprint density at radius 2 is 1.85 bits per heavy atom. The van der Waals surface area contributed by atoms with Gasteiger partial charge in [-0.25, -0.2) is 14.8 Å². The van der Waals surface area contributed by atoms with E-state index >= 15 is 0 Å². The lowest BCUT2D eigenvalue weighted by Gasteiger charge is -2.39. The van der Waals surface area contributed by atoms with Crippen molar-refractivity contribution < 1.29 is 9.90 Å². The Morgan fingerprint density at radius 3 is 2.33 bits per heavy atom. The van der Waals surface area contributed by atoms with Crippen LogP contribution in [-0.4, -0.2) is 48.8 Å². The summed E-state index contributed by atoms with van der Waals surface area (Å²) in [7, 11) is 0. The Kier molecular flexibility index (Phi) is 5.33. The van der Waals surface area contributed by atoms with Crippen LogP contribution in [0.2, 0.25) is 0 Å². The molecule has 0 aliphatic carbocycles. The first-order chi connectivity index (χ1) is 12.7. The fourth-order valence-electron chi connectivity index (χ4n) is 3.49. The van der Waals surface area contributed by atoms with E-state index < -0.39 is 11.5 Å². The van der Waals surface area contributed by atoms with E-state index in [1.54, 1.807) is 4.68 Å². The standard InChI is InChI=1S/C20H29N5O2/c1-5-17-21-12-15(13-22-17)14-24-10-7-20(8-11-24,18(26)27)25-9-6-16(23-25)19(2,3)4/h6,9,12-13H,5,7-8,10-11,14H2,1-4H3,(H,26,27). The zero-order valence-electron chi connectivity index (χ0n) is 16.6. The minimum absolute atomic E-state index is 0.101. The van der Waals surface area contributed by atoms with E-state index in [0.29, 0.717) is 25.9 Å². The van der Waals surface area contributed by atoms with Gasteiger partial charge in [-0.05, 0) is 18.9 Å². The molecule has 1 fully saturated rings. The Labute approximate surface area is 160 Å². The molecule has 0 aromatic carbocycles. The van der Waals surface area contributed by atoms with Gasteiger partial charge in [-0.3, -0.25) is 9.58 Å². The smallest absolute Gasteiger partial charge is 0.331 e. The van der Waals surface area contributed by atoms with Gasteiger partial charge < -0.3 is 5.11 Å². The van der Waals surface area contributed by atoms with E-state index in [4.69, 9.17) is 0 Å². The third-order valence-electron chi connectivity index (χ3n) is 5.36. The first-order valence-corrected chi connectivity index (χ1v) is 9.57. The summed E-state index contributed by atoms with van der Waals surface area (Å²) in [5.74, 6) is 0.0389. The molecule has 1 N–H and O–H groups in total. The molecule has 0 spiro atoms. The minimum atomic E-state index is -0.970. The maximum atomic E-state index is 12.2. The number of hydrogen-bond donors (Lipinski definition) is 1. The second-order valence-corrected chi connectivity index (χ2v) is 8.37. The topological polar surface area (TPSA) is 84.1 Å². The van der Waals surface area contributed by atoms with E-state index in [1.165, 1.54) is 0 Å². The largest absolute Gasteiger partial charge is 0.479 e. The molecule has 7 heteroatoms. The number of hydrogen-bond acceptors (Lipinski definition) is 5. The van der Waals surface area contributed by atoms with Crippen molar-refractivity contribution in [3.05, 3.63) is 41.7 Å². The highest BCUT2D eigenvalue weighted by Crippen LogP contribution is 2.32. The molecule has 2 aromatic rings. The number of carboxylic acid groups (broad SMARTS) is 1. The number of carboxylic acids is 1. The molecule has 0 bridgehead atoms. The predicted octanol–water partition coefficient (Wildman–Crippen LogP) is 2.61. The van der Waals surface area contributed by atoms with Crippen LogP contribution in [0.5, 0.6) is 0 Å². The average molecular weight is 371 g/mol. The molecule has 146 valence electrons. The lowest BCUT2D eigenvalue weighted by Crippen LogP contribution is -2.51. The van der Waals surface area contributed by atoms with Gasteiger partial charge >= 0.3 is 5.97 Å². The Balaban J connectivity index is 1.71.